The molecule has 2 heterocycles. The number of hydrogen-bond donors (Lipinski definition) is 0. The summed E-state index contributed by atoms with van der Waals surface area (Å²) >= 11 is 0. The molecule has 200 valence electrons. The zero-order chi connectivity index (χ0) is 28.2. The summed E-state index contributed by atoms with van der Waals surface area (Å²) in [4.78, 5) is 0. The number of aryl methyl sites for hydroxylation is 1. The highest BCUT2D eigenvalue weighted by Crippen LogP contribution is 2.50. The Bertz CT molecular complexity index is 2400. The highest BCUT2D eigenvalue weighted by Gasteiger charge is 2.35. The van der Waals surface area contributed by atoms with E-state index in [1.54, 1.807) is 0 Å². The van der Waals surface area contributed by atoms with Crippen molar-refractivity contribution in [3.8, 4) is 22.5 Å². The monoisotopic (exact) mass is 538 g/mol. The lowest BCUT2D eigenvalue weighted by molar-refractivity contribution is 0.660. The summed E-state index contributed by atoms with van der Waals surface area (Å²) in [6.07, 6.45) is 0. The number of benzene rings is 6. The second-order valence-corrected chi connectivity index (χ2v) is 12.3. The maximum absolute atomic E-state index is 2.47. The number of nitrogens with zero attached hydrogens (tertiary/aromatic N) is 2. The van der Waals surface area contributed by atoms with Crippen LogP contribution in [0.15, 0.2) is 127 Å². The van der Waals surface area contributed by atoms with E-state index in [-0.39, 0.29) is 5.41 Å². The molecule has 0 radical (unpaired) electrons. The number of hydrogen-bond acceptors (Lipinski definition) is 0. The summed E-state index contributed by atoms with van der Waals surface area (Å²) < 4.78 is 4.90. The summed E-state index contributed by atoms with van der Waals surface area (Å²) in [5.41, 5.74) is 14.1. The Balaban J connectivity index is 1.39. The molecule has 1 aliphatic carbocycles. The van der Waals surface area contributed by atoms with E-state index in [1.165, 1.54) is 82.8 Å². The summed E-state index contributed by atoms with van der Waals surface area (Å²) in [5, 5.41) is 5.20. The first-order valence-corrected chi connectivity index (χ1v) is 14.8. The van der Waals surface area contributed by atoms with Crippen molar-refractivity contribution in [3.63, 3.8) is 0 Å². The maximum Gasteiger partial charge on any atom is 0.0548 e. The third-order valence-corrected chi connectivity index (χ3v) is 9.56. The van der Waals surface area contributed by atoms with Gasteiger partial charge in [0.1, 0.15) is 0 Å². The Morgan fingerprint density at radius 3 is 1.69 bits per heavy atom. The summed E-state index contributed by atoms with van der Waals surface area (Å²) in [5.74, 6) is 0. The first kappa shape index (κ1) is 23.6. The van der Waals surface area contributed by atoms with Gasteiger partial charge in [-0.3, -0.25) is 0 Å². The molecule has 0 fully saturated rings. The minimum atomic E-state index is -0.0464. The smallest absolute Gasteiger partial charge is 0.0548 e. The molecule has 1 aliphatic rings. The molecule has 0 spiro atoms. The van der Waals surface area contributed by atoms with Crippen LogP contribution in [0, 0.1) is 6.92 Å². The minimum absolute atomic E-state index is 0.0464. The molecule has 2 nitrogen and oxygen atoms in total. The van der Waals surface area contributed by atoms with Crippen molar-refractivity contribution in [2.45, 2.75) is 26.2 Å². The molecule has 0 bridgehead atoms. The van der Waals surface area contributed by atoms with Crippen molar-refractivity contribution in [2.75, 3.05) is 0 Å². The molecule has 2 aromatic heterocycles. The van der Waals surface area contributed by atoms with Gasteiger partial charge in [0.25, 0.3) is 0 Å². The molecule has 42 heavy (non-hydrogen) atoms. The Labute approximate surface area is 245 Å². The largest absolute Gasteiger partial charge is 0.309 e. The maximum atomic E-state index is 2.47. The van der Waals surface area contributed by atoms with Gasteiger partial charge in [-0.05, 0) is 83.3 Å². The fraction of sp³-hybridized carbons (Fsp3) is 0.100. The van der Waals surface area contributed by atoms with Crippen molar-refractivity contribution in [1.29, 1.82) is 0 Å². The van der Waals surface area contributed by atoms with Gasteiger partial charge in [0, 0.05) is 38.3 Å². The van der Waals surface area contributed by atoms with Crippen molar-refractivity contribution >= 4 is 43.6 Å². The van der Waals surface area contributed by atoms with Gasteiger partial charge in [0.05, 0.1) is 22.1 Å². The van der Waals surface area contributed by atoms with Crippen LogP contribution in [0.1, 0.15) is 30.5 Å². The molecule has 0 unspecified atom stereocenters. The Morgan fingerprint density at radius 2 is 1.02 bits per heavy atom. The lowest BCUT2D eigenvalue weighted by Crippen LogP contribution is -2.15. The molecule has 0 atom stereocenters. The number of fused-ring (bicyclic) bond motifs is 10. The second-order valence-electron chi connectivity index (χ2n) is 12.3. The standard InChI is InChI=1S/C40H30N2/c1-25-11-10-12-26(23-25)41-34-17-8-5-14-30(34)38-36(41)21-22-37-39(38)31-15-6-9-18-35(31)42(37)27-19-20-29-28-13-4-7-16-32(28)40(2,3)33(29)24-27/h4-24H,1-3H3. The first-order valence-electron chi connectivity index (χ1n) is 14.8. The fourth-order valence-electron chi connectivity index (χ4n) is 7.67. The topological polar surface area (TPSA) is 9.86 Å². The molecule has 6 aromatic carbocycles. The van der Waals surface area contributed by atoms with Crippen LogP contribution in [-0.2, 0) is 5.41 Å². The van der Waals surface area contributed by atoms with Gasteiger partial charge in [0.15, 0.2) is 0 Å². The van der Waals surface area contributed by atoms with E-state index in [0.29, 0.717) is 0 Å². The number of para-hydroxylation sites is 2. The Kier molecular flexibility index (Phi) is 4.63. The number of rotatable bonds is 2. The average Bonchev–Trinajstić information content (AvgIpc) is 3.61. The molecular weight excluding hydrogens is 508 g/mol. The van der Waals surface area contributed by atoms with Gasteiger partial charge in [0.2, 0.25) is 0 Å². The summed E-state index contributed by atoms with van der Waals surface area (Å²) in [7, 11) is 0. The van der Waals surface area contributed by atoms with Gasteiger partial charge >= 0.3 is 0 Å². The minimum Gasteiger partial charge on any atom is -0.309 e. The summed E-state index contributed by atoms with van der Waals surface area (Å²) in [6.45, 7) is 6.88. The van der Waals surface area contributed by atoms with Gasteiger partial charge in [-0.1, -0.05) is 92.7 Å². The van der Waals surface area contributed by atoms with E-state index in [9.17, 15) is 0 Å². The normalized spacial score (nSPS) is 13.8. The van der Waals surface area contributed by atoms with Crippen LogP contribution in [0.2, 0.25) is 0 Å². The average molecular weight is 539 g/mol. The van der Waals surface area contributed by atoms with Crippen molar-refractivity contribution < 1.29 is 0 Å². The van der Waals surface area contributed by atoms with Crippen molar-refractivity contribution in [2.24, 2.45) is 0 Å². The molecule has 0 N–H and O–H groups in total. The predicted octanol–water partition coefficient (Wildman–Crippen LogP) is 10.5. The van der Waals surface area contributed by atoms with Gasteiger partial charge < -0.3 is 9.13 Å². The van der Waals surface area contributed by atoms with Crippen molar-refractivity contribution in [3.05, 3.63) is 144 Å². The molecular formula is C40H30N2. The van der Waals surface area contributed by atoms with Crippen LogP contribution in [0.25, 0.3) is 66.1 Å². The molecule has 0 amide bonds. The SMILES string of the molecule is Cc1cccc(-n2c3ccccc3c3c4c5ccccc5n(-c5ccc6c(c5)C(C)(C)c5ccccc5-6)c4ccc32)c1. The van der Waals surface area contributed by atoms with E-state index in [2.05, 4.69) is 157 Å². The third kappa shape index (κ3) is 2.99. The van der Waals surface area contributed by atoms with E-state index >= 15 is 0 Å². The molecule has 0 saturated carbocycles. The van der Waals surface area contributed by atoms with Crippen LogP contribution in [-0.4, -0.2) is 9.13 Å². The highest BCUT2D eigenvalue weighted by molar-refractivity contribution is 6.28. The third-order valence-electron chi connectivity index (χ3n) is 9.56. The van der Waals surface area contributed by atoms with E-state index in [1.807, 2.05) is 0 Å². The Morgan fingerprint density at radius 1 is 0.452 bits per heavy atom. The van der Waals surface area contributed by atoms with Crippen LogP contribution < -0.4 is 0 Å². The second kappa shape index (κ2) is 8.24. The van der Waals surface area contributed by atoms with Gasteiger partial charge in [-0.2, -0.15) is 0 Å². The van der Waals surface area contributed by atoms with Crippen molar-refractivity contribution in [1.82, 2.24) is 9.13 Å². The van der Waals surface area contributed by atoms with Crippen LogP contribution >= 0.6 is 0 Å². The highest BCUT2D eigenvalue weighted by atomic mass is 15.0. The van der Waals surface area contributed by atoms with E-state index in [0.717, 1.165) is 0 Å². The lowest BCUT2D eigenvalue weighted by atomic mass is 9.82. The Hall–Kier alpha value is -5.08. The summed E-state index contributed by atoms with van der Waals surface area (Å²) in [6, 6.07) is 47.2. The predicted molar refractivity (Wildman–Crippen MR) is 177 cm³/mol. The quantitative estimate of drug-likeness (QED) is 0.207. The number of aromatic nitrogens is 2. The molecule has 2 heteroatoms. The molecule has 9 rings (SSSR count). The van der Waals surface area contributed by atoms with E-state index in [4.69, 9.17) is 0 Å². The van der Waals surface area contributed by atoms with Gasteiger partial charge in [-0.15, -0.1) is 0 Å². The fourth-order valence-corrected chi connectivity index (χ4v) is 7.67. The molecule has 8 aromatic rings. The lowest BCUT2D eigenvalue weighted by Gasteiger charge is -2.22. The van der Waals surface area contributed by atoms with Crippen LogP contribution in [0.5, 0.6) is 0 Å². The zero-order valence-electron chi connectivity index (χ0n) is 24.0. The molecule has 0 saturated heterocycles. The van der Waals surface area contributed by atoms with E-state index < -0.39 is 0 Å². The first-order chi connectivity index (χ1) is 20.5. The van der Waals surface area contributed by atoms with Crippen LogP contribution in [0.4, 0.5) is 0 Å². The van der Waals surface area contributed by atoms with Gasteiger partial charge in [-0.25, -0.2) is 0 Å². The zero-order valence-corrected chi connectivity index (χ0v) is 24.0. The molecule has 0 aliphatic heterocycles. The van der Waals surface area contributed by atoms with Crippen LogP contribution in [0.3, 0.4) is 0 Å².